The number of halogens is 3. The average Bonchev–Trinajstić information content (AvgIpc) is 2.66. The second-order valence-electron chi connectivity index (χ2n) is 3.44. The first kappa shape index (κ1) is 10.7. The minimum absolute atomic E-state index is 0.885. The predicted molar refractivity (Wildman–Crippen MR) is 78.1 cm³/mol. The summed E-state index contributed by atoms with van der Waals surface area (Å²) in [6.45, 7) is 0. The van der Waals surface area contributed by atoms with Crippen LogP contribution < -0.4 is 0 Å². The normalized spacial score (nSPS) is 12.2. The molecule has 0 radical (unpaired) electrons. The van der Waals surface area contributed by atoms with Crippen molar-refractivity contribution in [1.29, 1.82) is 0 Å². The van der Waals surface area contributed by atoms with Gasteiger partial charge in [0.2, 0.25) is 0 Å². The third-order valence-corrected chi connectivity index (χ3v) is 6.33. The van der Waals surface area contributed by atoms with E-state index in [1.165, 1.54) is 0 Å². The van der Waals surface area contributed by atoms with Crippen molar-refractivity contribution < 1.29 is 4.42 Å². The Bertz CT molecular complexity index is 660. The zero-order valence-corrected chi connectivity index (χ0v) is 11.8. The fourth-order valence-electron chi connectivity index (χ4n) is 1.79. The van der Waals surface area contributed by atoms with Crippen LogP contribution in [0.3, 0.4) is 0 Å². The summed E-state index contributed by atoms with van der Waals surface area (Å²) in [6.07, 6.45) is 0. The van der Waals surface area contributed by atoms with E-state index in [2.05, 4.69) is 0 Å². The Morgan fingerprint density at radius 3 is 2.44 bits per heavy atom. The summed E-state index contributed by atoms with van der Waals surface area (Å²) in [4.78, 5) is 0. The van der Waals surface area contributed by atoms with Crippen LogP contribution in [0.5, 0.6) is 0 Å². The van der Waals surface area contributed by atoms with Crippen LogP contribution >= 0.6 is 35.4 Å². The quantitative estimate of drug-likeness (QED) is 0.514. The molecule has 0 aliphatic rings. The van der Waals surface area contributed by atoms with Crippen LogP contribution in [0.2, 0.25) is 0 Å². The average molecular weight is 365 g/mol. The van der Waals surface area contributed by atoms with Crippen molar-refractivity contribution in [2.45, 2.75) is 0 Å². The SMILES string of the molecule is ClI(Cl)c1ccc2oc3ccccc3c2c1. The summed E-state index contributed by atoms with van der Waals surface area (Å²) in [5, 5.41) is 2.21. The van der Waals surface area contributed by atoms with Crippen LogP contribution in [-0.2, 0) is 0 Å². The van der Waals surface area contributed by atoms with Crippen LogP contribution in [-0.4, -0.2) is 0 Å². The van der Waals surface area contributed by atoms with Crippen LogP contribution in [0.25, 0.3) is 21.9 Å². The van der Waals surface area contributed by atoms with Gasteiger partial charge in [-0.3, -0.25) is 0 Å². The van der Waals surface area contributed by atoms with Crippen molar-refractivity contribution in [3.63, 3.8) is 0 Å². The van der Waals surface area contributed by atoms with Gasteiger partial charge >= 0.3 is 108 Å². The molecule has 0 spiro atoms. The third kappa shape index (κ3) is 1.69. The van der Waals surface area contributed by atoms with Crippen molar-refractivity contribution in [2.24, 2.45) is 0 Å². The van der Waals surface area contributed by atoms with E-state index >= 15 is 0 Å². The summed E-state index contributed by atoms with van der Waals surface area (Å²) < 4.78 is 6.77. The predicted octanol–water partition coefficient (Wildman–Crippen LogP) is 5.57. The molecule has 0 saturated carbocycles. The van der Waals surface area contributed by atoms with E-state index in [1.807, 2.05) is 42.5 Å². The van der Waals surface area contributed by atoms with Gasteiger partial charge in [0.05, 0.1) is 0 Å². The van der Waals surface area contributed by atoms with Gasteiger partial charge in [-0.1, -0.05) is 0 Å². The molecule has 16 heavy (non-hydrogen) atoms. The molecule has 0 unspecified atom stereocenters. The van der Waals surface area contributed by atoms with Gasteiger partial charge < -0.3 is 0 Å². The second-order valence-corrected chi connectivity index (χ2v) is 10.6. The van der Waals surface area contributed by atoms with E-state index in [0.717, 1.165) is 25.5 Å². The third-order valence-electron chi connectivity index (χ3n) is 2.50. The van der Waals surface area contributed by atoms with Gasteiger partial charge in [-0.2, -0.15) is 0 Å². The van der Waals surface area contributed by atoms with Crippen molar-refractivity contribution in [1.82, 2.24) is 0 Å². The summed E-state index contributed by atoms with van der Waals surface area (Å²) in [5.74, 6) is 0. The van der Waals surface area contributed by atoms with E-state index in [-0.39, 0.29) is 0 Å². The zero-order valence-electron chi connectivity index (χ0n) is 8.08. The fraction of sp³-hybridized carbons (Fsp3) is 0. The Hall–Kier alpha value is -0.450. The molecule has 1 aromatic heterocycles. The van der Waals surface area contributed by atoms with E-state index < -0.39 is 17.6 Å². The van der Waals surface area contributed by atoms with Crippen molar-refractivity contribution in [2.75, 3.05) is 0 Å². The molecule has 0 aliphatic carbocycles. The molecule has 0 bridgehead atoms. The Morgan fingerprint density at radius 1 is 0.875 bits per heavy atom. The Morgan fingerprint density at radius 2 is 1.62 bits per heavy atom. The molecule has 0 aliphatic heterocycles. The van der Waals surface area contributed by atoms with E-state index in [0.29, 0.717) is 0 Å². The fourth-order valence-corrected chi connectivity index (χ4v) is 3.98. The molecule has 82 valence electrons. The van der Waals surface area contributed by atoms with Gasteiger partial charge in [-0.25, -0.2) is 0 Å². The molecular formula is C12H7Cl2IO. The molecule has 1 heterocycles. The second kappa shape index (κ2) is 4.09. The van der Waals surface area contributed by atoms with Crippen molar-refractivity contribution >= 4 is 57.3 Å². The van der Waals surface area contributed by atoms with E-state index in [1.54, 1.807) is 0 Å². The molecule has 3 rings (SSSR count). The van der Waals surface area contributed by atoms with E-state index in [4.69, 9.17) is 22.2 Å². The first-order valence-corrected chi connectivity index (χ1v) is 11.2. The first-order valence-electron chi connectivity index (χ1n) is 4.70. The monoisotopic (exact) mass is 364 g/mol. The van der Waals surface area contributed by atoms with Gasteiger partial charge in [0.15, 0.2) is 0 Å². The van der Waals surface area contributed by atoms with Gasteiger partial charge in [0.25, 0.3) is 0 Å². The van der Waals surface area contributed by atoms with Gasteiger partial charge in [0, 0.05) is 0 Å². The number of hydrogen-bond donors (Lipinski definition) is 0. The molecular weight excluding hydrogens is 358 g/mol. The molecule has 1 nitrogen and oxygen atoms in total. The number of hydrogen-bond acceptors (Lipinski definition) is 1. The summed E-state index contributed by atoms with van der Waals surface area (Å²) in [7, 11) is 12.0. The van der Waals surface area contributed by atoms with Crippen molar-refractivity contribution in [3.8, 4) is 0 Å². The number of furan rings is 1. The minimum atomic E-state index is -1.95. The van der Waals surface area contributed by atoms with Crippen LogP contribution in [0.1, 0.15) is 0 Å². The van der Waals surface area contributed by atoms with Gasteiger partial charge in [-0.15, -0.1) is 0 Å². The standard InChI is InChI=1S/C12H7Cl2IO/c13-15(14)8-5-6-12-10(7-8)9-3-1-2-4-11(9)16-12/h1-7H. The number of para-hydroxylation sites is 1. The van der Waals surface area contributed by atoms with E-state index in [9.17, 15) is 0 Å². The Labute approximate surface area is 107 Å². The number of rotatable bonds is 1. The van der Waals surface area contributed by atoms with Gasteiger partial charge in [-0.05, 0) is 0 Å². The van der Waals surface area contributed by atoms with Crippen molar-refractivity contribution in [3.05, 3.63) is 46.0 Å². The zero-order chi connectivity index (χ0) is 11.1. The summed E-state index contributed by atoms with van der Waals surface area (Å²) in [6, 6.07) is 13.9. The molecule has 0 amide bonds. The number of benzene rings is 2. The molecule has 0 fully saturated rings. The topological polar surface area (TPSA) is 13.1 Å². The molecule has 3 aromatic rings. The molecule has 4 heteroatoms. The maximum absolute atomic E-state index is 6.01. The molecule has 2 aromatic carbocycles. The molecule has 0 N–H and O–H groups in total. The van der Waals surface area contributed by atoms with Crippen LogP contribution in [0.4, 0.5) is 0 Å². The van der Waals surface area contributed by atoms with Crippen LogP contribution in [0.15, 0.2) is 46.9 Å². The Balaban J connectivity index is 2.40. The van der Waals surface area contributed by atoms with Crippen LogP contribution in [0, 0.1) is 3.57 Å². The molecule has 0 saturated heterocycles. The summed E-state index contributed by atoms with van der Waals surface area (Å²) >= 11 is -1.95. The Kier molecular flexibility index (Phi) is 2.73. The van der Waals surface area contributed by atoms with Gasteiger partial charge in [0.1, 0.15) is 0 Å². The number of fused-ring (bicyclic) bond motifs is 3. The molecule has 0 atom stereocenters. The first-order chi connectivity index (χ1) is 7.75. The maximum atomic E-state index is 6.01. The summed E-state index contributed by atoms with van der Waals surface area (Å²) in [5.41, 5.74) is 1.79.